The van der Waals surface area contributed by atoms with Gasteiger partial charge < -0.3 is 9.47 Å². The Morgan fingerprint density at radius 2 is 1.93 bits per heavy atom. The topological polar surface area (TPSA) is 52.6 Å². The Morgan fingerprint density at radius 3 is 2.43 bits per heavy atom. The molecule has 0 spiro atoms. The van der Waals surface area contributed by atoms with E-state index in [9.17, 15) is 9.59 Å². The third-order valence-electron chi connectivity index (χ3n) is 1.71. The molecule has 0 N–H and O–H groups in total. The third-order valence-corrected chi connectivity index (χ3v) is 1.93. The SMILES string of the molecule is CC(=O)OC1C=CC(OC(=O)CCl)C1. The summed E-state index contributed by atoms with van der Waals surface area (Å²) < 4.78 is 9.83. The first-order valence-corrected chi connectivity index (χ1v) is 4.76. The lowest BCUT2D eigenvalue weighted by Crippen LogP contribution is -2.19. The van der Waals surface area contributed by atoms with Gasteiger partial charge in [0.2, 0.25) is 0 Å². The summed E-state index contributed by atoms with van der Waals surface area (Å²) in [5, 5.41) is 0. The molecule has 4 nitrogen and oxygen atoms in total. The molecule has 78 valence electrons. The van der Waals surface area contributed by atoms with Crippen molar-refractivity contribution >= 4 is 23.5 Å². The van der Waals surface area contributed by atoms with Gasteiger partial charge in [-0.25, -0.2) is 0 Å². The first-order chi connectivity index (χ1) is 6.61. The van der Waals surface area contributed by atoms with Gasteiger partial charge in [-0.3, -0.25) is 9.59 Å². The van der Waals surface area contributed by atoms with Crippen LogP contribution >= 0.6 is 11.6 Å². The number of esters is 2. The number of rotatable bonds is 3. The fourth-order valence-corrected chi connectivity index (χ4v) is 1.29. The highest BCUT2D eigenvalue weighted by Crippen LogP contribution is 2.17. The summed E-state index contributed by atoms with van der Waals surface area (Å²) in [5.74, 6) is -0.975. The van der Waals surface area contributed by atoms with Crippen LogP contribution in [-0.4, -0.2) is 30.0 Å². The van der Waals surface area contributed by atoms with Crippen molar-refractivity contribution in [2.24, 2.45) is 0 Å². The second kappa shape index (κ2) is 5.00. The summed E-state index contributed by atoms with van der Waals surface area (Å²) in [4.78, 5) is 21.4. The van der Waals surface area contributed by atoms with Gasteiger partial charge in [0, 0.05) is 13.3 Å². The number of ether oxygens (including phenoxy) is 2. The van der Waals surface area contributed by atoms with Gasteiger partial charge in [0.25, 0.3) is 0 Å². The summed E-state index contributed by atoms with van der Waals surface area (Å²) in [6.45, 7) is 1.34. The van der Waals surface area contributed by atoms with E-state index in [0.717, 1.165) is 0 Å². The lowest BCUT2D eigenvalue weighted by Gasteiger charge is -2.12. The molecule has 0 saturated heterocycles. The number of hydrogen-bond donors (Lipinski definition) is 0. The average Bonchev–Trinajstić information content (AvgIpc) is 2.51. The van der Waals surface area contributed by atoms with E-state index >= 15 is 0 Å². The van der Waals surface area contributed by atoms with E-state index in [1.165, 1.54) is 6.92 Å². The van der Waals surface area contributed by atoms with Crippen LogP contribution in [0.3, 0.4) is 0 Å². The molecule has 14 heavy (non-hydrogen) atoms. The van der Waals surface area contributed by atoms with Crippen molar-refractivity contribution in [3.8, 4) is 0 Å². The van der Waals surface area contributed by atoms with Crippen LogP contribution in [0.5, 0.6) is 0 Å². The van der Waals surface area contributed by atoms with Crippen molar-refractivity contribution in [2.75, 3.05) is 5.88 Å². The van der Waals surface area contributed by atoms with Crippen LogP contribution in [-0.2, 0) is 19.1 Å². The standard InChI is InChI=1S/C9H11ClO4/c1-6(11)13-7-2-3-8(4-7)14-9(12)5-10/h2-3,7-8H,4-5H2,1H3. The molecule has 2 unspecified atom stereocenters. The summed E-state index contributed by atoms with van der Waals surface area (Å²) in [6, 6.07) is 0. The van der Waals surface area contributed by atoms with Crippen LogP contribution < -0.4 is 0 Å². The largest absolute Gasteiger partial charge is 0.458 e. The van der Waals surface area contributed by atoms with Crippen molar-refractivity contribution in [2.45, 2.75) is 25.6 Å². The Labute approximate surface area is 86.8 Å². The fourth-order valence-electron chi connectivity index (χ4n) is 1.22. The Kier molecular flexibility index (Phi) is 3.95. The molecule has 0 amide bonds. The minimum atomic E-state index is -0.468. The smallest absolute Gasteiger partial charge is 0.321 e. The molecule has 0 heterocycles. The van der Waals surface area contributed by atoms with Gasteiger partial charge in [-0.15, -0.1) is 11.6 Å². The lowest BCUT2D eigenvalue weighted by molar-refractivity contribution is -0.147. The predicted octanol–water partition coefficient (Wildman–Crippen LogP) is 1.03. The third kappa shape index (κ3) is 3.38. The molecule has 0 fully saturated rings. The van der Waals surface area contributed by atoms with E-state index in [-0.39, 0.29) is 24.1 Å². The number of carbonyl (C=O) groups is 2. The van der Waals surface area contributed by atoms with Gasteiger partial charge in [0.15, 0.2) is 0 Å². The molecule has 1 rings (SSSR count). The maximum absolute atomic E-state index is 10.8. The molecule has 0 aromatic heterocycles. The Morgan fingerprint density at radius 1 is 1.36 bits per heavy atom. The number of carbonyl (C=O) groups excluding carboxylic acids is 2. The van der Waals surface area contributed by atoms with Gasteiger partial charge in [-0.05, 0) is 12.2 Å². The van der Waals surface area contributed by atoms with Crippen molar-refractivity contribution < 1.29 is 19.1 Å². The molecule has 0 aromatic carbocycles. The van der Waals surface area contributed by atoms with Crippen LogP contribution in [0.4, 0.5) is 0 Å². The van der Waals surface area contributed by atoms with Crippen molar-refractivity contribution in [1.82, 2.24) is 0 Å². The van der Waals surface area contributed by atoms with Crippen LogP contribution in [0.25, 0.3) is 0 Å². The Bertz CT molecular complexity index is 262. The summed E-state index contributed by atoms with van der Waals surface area (Å²) in [5.41, 5.74) is 0. The van der Waals surface area contributed by atoms with Gasteiger partial charge in [0.05, 0.1) is 0 Å². The maximum atomic E-state index is 10.8. The summed E-state index contributed by atoms with van der Waals surface area (Å²) in [7, 11) is 0. The van der Waals surface area contributed by atoms with E-state index < -0.39 is 5.97 Å². The zero-order valence-electron chi connectivity index (χ0n) is 7.73. The number of alkyl halides is 1. The highest BCUT2D eigenvalue weighted by Gasteiger charge is 2.23. The van der Waals surface area contributed by atoms with Gasteiger partial charge in [0.1, 0.15) is 18.1 Å². The Hall–Kier alpha value is -1.03. The Balaban J connectivity index is 2.32. The molecule has 0 aromatic rings. The molecular weight excluding hydrogens is 208 g/mol. The van der Waals surface area contributed by atoms with Crippen LogP contribution in [0.15, 0.2) is 12.2 Å². The molecular formula is C9H11ClO4. The van der Waals surface area contributed by atoms with Crippen molar-refractivity contribution in [3.05, 3.63) is 12.2 Å². The monoisotopic (exact) mass is 218 g/mol. The number of halogens is 1. The zero-order valence-corrected chi connectivity index (χ0v) is 8.49. The van der Waals surface area contributed by atoms with E-state index in [1.807, 2.05) is 0 Å². The first-order valence-electron chi connectivity index (χ1n) is 4.23. The molecule has 0 bridgehead atoms. The van der Waals surface area contributed by atoms with E-state index in [1.54, 1.807) is 12.2 Å². The van der Waals surface area contributed by atoms with Crippen LogP contribution in [0, 0.1) is 0 Å². The molecule has 1 aliphatic rings. The predicted molar refractivity (Wildman–Crippen MR) is 49.9 cm³/mol. The average molecular weight is 219 g/mol. The molecule has 2 atom stereocenters. The second-order valence-electron chi connectivity index (χ2n) is 2.93. The lowest BCUT2D eigenvalue weighted by atomic mass is 10.3. The first kappa shape index (κ1) is 11.0. The summed E-state index contributed by atoms with van der Waals surface area (Å²) in [6.07, 6.45) is 3.25. The second-order valence-corrected chi connectivity index (χ2v) is 3.20. The maximum Gasteiger partial charge on any atom is 0.321 e. The quantitative estimate of drug-likeness (QED) is 0.403. The number of hydrogen-bond acceptors (Lipinski definition) is 4. The highest BCUT2D eigenvalue weighted by molar-refractivity contribution is 6.26. The molecule has 0 radical (unpaired) electrons. The fraction of sp³-hybridized carbons (Fsp3) is 0.556. The highest BCUT2D eigenvalue weighted by atomic mass is 35.5. The summed E-state index contributed by atoms with van der Waals surface area (Å²) >= 11 is 5.27. The molecule has 0 saturated carbocycles. The van der Waals surface area contributed by atoms with Crippen LogP contribution in [0.1, 0.15) is 13.3 Å². The van der Waals surface area contributed by atoms with Gasteiger partial charge >= 0.3 is 11.9 Å². The molecule has 5 heteroatoms. The van der Waals surface area contributed by atoms with E-state index in [0.29, 0.717) is 6.42 Å². The zero-order chi connectivity index (χ0) is 10.6. The van der Waals surface area contributed by atoms with Gasteiger partial charge in [-0.2, -0.15) is 0 Å². The minimum absolute atomic E-state index is 0.164. The van der Waals surface area contributed by atoms with E-state index in [4.69, 9.17) is 21.1 Å². The van der Waals surface area contributed by atoms with Crippen LogP contribution in [0.2, 0.25) is 0 Å². The minimum Gasteiger partial charge on any atom is -0.458 e. The molecule has 1 aliphatic carbocycles. The van der Waals surface area contributed by atoms with Crippen molar-refractivity contribution in [1.29, 1.82) is 0 Å². The van der Waals surface area contributed by atoms with E-state index in [2.05, 4.69) is 0 Å². The van der Waals surface area contributed by atoms with Crippen molar-refractivity contribution in [3.63, 3.8) is 0 Å². The normalized spacial score (nSPS) is 24.7. The molecule has 0 aliphatic heterocycles. The van der Waals surface area contributed by atoms with Gasteiger partial charge in [-0.1, -0.05) is 0 Å².